The van der Waals surface area contributed by atoms with Gasteiger partial charge in [0.25, 0.3) is 5.91 Å². The molecule has 0 spiro atoms. The molecular weight excluding hydrogens is 671 g/mol. The Labute approximate surface area is 293 Å². The minimum atomic E-state index is -5.13. The summed E-state index contributed by atoms with van der Waals surface area (Å²) in [5, 5.41) is 29.1. The van der Waals surface area contributed by atoms with Crippen LogP contribution in [0.5, 0.6) is 5.75 Å². The van der Waals surface area contributed by atoms with Crippen molar-refractivity contribution in [1.29, 1.82) is 0 Å². The number of nitrogens with one attached hydrogen (secondary N) is 4. The van der Waals surface area contributed by atoms with Crippen molar-refractivity contribution in [3.8, 4) is 16.9 Å². The number of aliphatic hydroxyl groups excluding tert-OH is 1. The predicted octanol–water partition coefficient (Wildman–Crippen LogP) is 2.72. The molecule has 0 bridgehead atoms. The van der Waals surface area contributed by atoms with E-state index in [9.17, 15) is 47.4 Å². The Morgan fingerprint density at radius 3 is 1.88 bits per heavy atom. The lowest BCUT2D eigenvalue weighted by Crippen LogP contribution is -2.59. The van der Waals surface area contributed by atoms with Crippen molar-refractivity contribution in [3.05, 3.63) is 90.0 Å². The second-order valence-electron chi connectivity index (χ2n) is 12.4. The minimum Gasteiger partial charge on any atom is -0.508 e. The SMILES string of the molecule is CC(C)[C@H](NC(=O)c1ccc(-c2ccccc2)cc1)C(=O)NC(Cc1ccc(O)cc1)C(=O)N[C@@H](C)C(=O)NC(CCC(N)=O)C(O)C(F)(F)F. The van der Waals surface area contributed by atoms with E-state index in [0.29, 0.717) is 5.56 Å². The molecule has 0 radical (unpaired) electrons. The van der Waals surface area contributed by atoms with Crippen LogP contribution >= 0.6 is 0 Å². The summed E-state index contributed by atoms with van der Waals surface area (Å²) in [5.74, 6) is -4.72. The largest absolute Gasteiger partial charge is 0.508 e. The standard InChI is InChI=1S/C36H42F3N5O7/c1-20(2)30(44-33(49)25-13-11-24(12-14-25)23-7-5-4-6-8-23)35(51)43-28(19-22-9-15-26(45)16-10-22)34(50)41-21(3)32(48)42-27(17-18-29(40)46)31(47)36(37,38)39/h4-16,20-21,27-28,30-31,45,47H,17-19H2,1-3H3,(H2,40,46)(H,41,50)(H,42,48)(H,43,51)(H,44,49)/t21-,27?,28?,30-,31?/m0/s1. The summed E-state index contributed by atoms with van der Waals surface area (Å²) in [7, 11) is 0. The number of benzene rings is 3. The van der Waals surface area contributed by atoms with Gasteiger partial charge >= 0.3 is 6.18 Å². The van der Waals surface area contributed by atoms with Gasteiger partial charge in [-0.1, -0.05) is 68.4 Å². The molecule has 3 rings (SSSR count). The van der Waals surface area contributed by atoms with Gasteiger partial charge in [0, 0.05) is 18.4 Å². The molecule has 5 amide bonds. The van der Waals surface area contributed by atoms with Gasteiger partial charge in [-0.25, -0.2) is 0 Å². The predicted molar refractivity (Wildman–Crippen MR) is 182 cm³/mol. The van der Waals surface area contributed by atoms with Crippen LogP contribution in [-0.4, -0.2) is 76.2 Å². The normalized spacial score (nSPS) is 14.4. The molecule has 0 fully saturated rings. The van der Waals surface area contributed by atoms with E-state index < -0.39 is 84.7 Å². The first kappa shape index (κ1) is 40.0. The quantitative estimate of drug-likeness (QED) is 0.118. The molecular formula is C36H42F3N5O7. The number of hydrogen-bond acceptors (Lipinski definition) is 7. The highest BCUT2D eigenvalue weighted by atomic mass is 19.4. The maximum atomic E-state index is 13.6. The van der Waals surface area contributed by atoms with Crippen molar-refractivity contribution in [2.24, 2.45) is 11.7 Å². The molecule has 0 saturated carbocycles. The fourth-order valence-electron chi connectivity index (χ4n) is 5.06. The Balaban J connectivity index is 1.76. The maximum Gasteiger partial charge on any atom is 0.416 e. The molecule has 15 heteroatoms. The van der Waals surface area contributed by atoms with Gasteiger partial charge in [-0.15, -0.1) is 0 Å². The van der Waals surface area contributed by atoms with E-state index in [4.69, 9.17) is 5.73 Å². The molecule has 0 aliphatic carbocycles. The summed E-state index contributed by atoms with van der Waals surface area (Å²) >= 11 is 0. The number of carbonyl (C=O) groups is 5. The summed E-state index contributed by atoms with van der Waals surface area (Å²) in [6.07, 6.45) is -9.47. The number of rotatable bonds is 16. The van der Waals surface area contributed by atoms with E-state index in [1.165, 1.54) is 31.2 Å². The van der Waals surface area contributed by atoms with Crippen LogP contribution in [0.2, 0.25) is 0 Å². The van der Waals surface area contributed by atoms with Crippen molar-refractivity contribution in [3.63, 3.8) is 0 Å². The number of aromatic hydroxyl groups is 1. The third kappa shape index (κ3) is 12.1. The Morgan fingerprint density at radius 2 is 1.33 bits per heavy atom. The lowest BCUT2D eigenvalue weighted by molar-refractivity contribution is -0.212. The Morgan fingerprint density at radius 1 is 0.745 bits per heavy atom. The average Bonchev–Trinajstić information content (AvgIpc) is 3.08. The van der Waals surface area contributed by atoms with Crippen molar-refractivity contribution in [2.75, 3.05) is 0 Å². The van der Waals surface area contributed by atoms with Gasteiger partial charge in [0.15, 0.2) is 6.10 Å². The first-order valence-electron chi connectivity index (χ1n) is 16.1. The topological polar surface area (TPSA) is 200 Å². The second kappa shape index (κ2) is 18.0. The number of phenols is 1. The smallest absolute Gasteiger partial charge is 0.416 e. The lowest BCUT2D eigenvalue weighted by atomic mass is 9.99. The fourth-order valence-corrected chi connectivity index (χ4v) is 5.06. The van der Waals surface area contributed by atoms with Gasteiger partial charge in [-0.05, 0) is 60.2 Å². The van der Waals surface area contributed by atoms with E-state index in [0.717, 1.165) is 11.1 Å². The van der Waals surface area contributed by atoms with Crippen molar-refractivity contribution in [2.45, 2.75) is 76.5 Å². The zero-order valence-corrected chi connectivity index (χ0v) is 28.2. The molecule has 0 heterocycles. The van der Waals surface area contributed by atoms with Gasteiger partial charge in [-0.2, -0.15) is 13.2 Å². The third-order valence-corrected chi connectivity index (χ3v) is 8.00. The fraction of sp³-hybridized carbons (Fsp3) is 0.361. The number of halogens is 3. The summed E-state index contributed by atoms with van der Waals surface area (Å²) in [6.45, 7) is 4.56. The summed E-state index contributed by atoms with van der Waals surface area (Å²) < 4.78 is 39.8. The van der Waals surface area contributed by atoms with E-state index in [1.807, 2.05) is 35.6 Å². The summed E-state index contributed by atoms with van der Waals surface area (Å²) in [5.41, 5.74) is 7.65. The number of phenolic OH excluding ortho intramolecular Hbond substituents is 1. The number of hydrogen-bond donors (Lipinski definition) is 7. The average molecular weight is 714 g/mol. The highest BCUT2D eigenvalue weighted by molar-refractivity contribution is 5.99. The molecule has 8 N–H and O–H groups in total. The lowest BCUT2D eigenvalue weighted by Gasteiger charge is -2.28. The van der Waals surface area contributed by atoms with E-state index in [-0.39, 0.29) is 17.7 Å². The molecule has 12 nitrogen and oxygen atoms in total. The summed E-state index contributed by atoms with van der Waals surface area (Å²) in [4.78, 5) is 64.4. The van der Waals surface area contributed by atoms with E-state index >= 15 is 0 Å². The molecule has 0 aliphatic rings. The van der Waals surface area contributed by atoms with Crippen LogP contribution in [-0.2, 0) is 25.6 Å². The van der Waals surface area contributed by atoms with Crippen LogP contribution < -0.4 is 27.0 Å². The first-order valence-corrected chi connectivity index (χ1v) is 16.1. The Kier molecular flexibility index (Phi) is 14.1. The van der Waals surface area contributed by atoms with Crippen LogP contribution in [0.3, 0.4) is 0 Å². The number of carbonyl (C=O) groups excluding carboxylic acids is 5. The zero-order chi connectivity index (χ0) is 37.9. The maximum absolute atomic E-state index is 13.6. The minimum absolute atomic E-state index is 0.0552. The van der Waals surface area contributed by atoms with Gasteiger partial charge in [-0.3, -0.25) is 24.0 Å². The molecule has 0 aromatic heterocycles. The van der Waals surface area contributed by atoms with Crippen molar-refractivity contribution >= 4 is 29.5 Å². The van der Waals surface area contributed by atoms with Crippen LogP contribution in [0.4, 0.5) is 13.2 Å². The molecule has 274 valence electrons. The highest BCUT2D eigenvalue weighted by Gasteiger charge is 2.44. The number of alkyl halides is 3. The number of primary amides is 1. The van der Waals surface area contributed by atoms with Crippen molar-refractivity contribution in [1.82, 2.24) is 21.3 Å². The van der Waals surface area contributed by atoms with Crippen LogP contribution in [0, 0.1) is 5.92 Å². The van der Waals surface area contributed by atoms with Gasteiger partial charge in [0.2, 0.25) is 23.6 Å². The van der Waals surface area contributed by atoms with Gasteiger partial charge in [0.05, 0.1) is 6.04 Å². The van der Waals surface area contributed by atoms with E-state index in [1.54, 1.807) is 38.1 Å². The van der Waals surface area contributed by atoms with Crippen molar-refractivity contribution < 1.29 is 47.4 Å². The number of nitrogens with two attached hydrogens (primary N) is 1. The first-order chi connectivity index (χ1) is 24.0. The monoisotopic (exact) mass is 713 g/mol. The number of aliphatic hydroxyl groups is 1. The molecule has 3 aromatic rings. The molecule has 51 heavy (non-hydrogen) atoms. The molecule has 3 aromatic carbocycles. The van der Waals surface area contributed by atoms with Crippen LogP contribution in [0.15, 0.2) is 78.9 Å². The molecule has 0 saturated heterocycles. The molecule has 5 atom stereocenters. The second-order valence-corrected chi connectivity index (χ2v) is 12.4. The molecule has 0 aliphatic heterocycles. The van der Waals surface area contributed by atoms with Gasteiger partial charge < -0.3 is 37.2 Å². The van der Waals surface area contributed by atoms with Crippen LogP contribution in [0.25, 0.3) is 11.1 Å². The Bertz CT molecular complexity index is 1650. The Hall–Kier alpha value is -5.44. The summed E-state index contributed by atoms with van der Waals surface area (Å²) in [6, 6.07) is 16.1. The number of amides is 5. The van der Waals surface area contributed by atoms with E-state index in [2.05, 4.69) is 16.0 Å². The third-order valence-electron chi connectivity index (χ3n) is 8.00. The zero-order valence-electron chi connectivity index (χ0n) is 28.2. The van der Waals surface area contributed by atoms with Crippen LogP contribution in [0.1, 0.15) is 49.5 Å². The highest BCUT2D eigenvalue weighted by Crippen LogP contribution is 2.24. The molecule has 3 unspecified atom stereocenters. The van der Waals surface area contributed by atoms with Gasteiger partial charge in [0.1, 0.15) is 23.9 Å².